The van der Waals surface area contributed by atoms with Gasteiger partial charge in [0.05, 0.1) is 11.4 Å². The van der Waals surface area contributed by atoms with E-state index in [9.17, 15) is 4.79 Å². The zero-order chi connectivity index (χ0) is 13.8. The number of carbonyl (C=O) groups is 1. The molecule has 1 N–H and O–H groups in total. The van der Waals surface area contributed by atoms with E-state index < -0.39 is 0 Å². The van der Waals surface area contributed by atoms with Crippen LogP contribution in [0.15, 0.2) is 41.6 Å². The number of hydrogen-bond donors (Lipinski definition) is 1. The second-order valence-electron chi connectivity index (χ2n) is 4.73. The molecule has 104 valence electrons. The summed E-state index contributed by atoms with van der Waals surface area (Å²) in [7, 11) is 0. The lowest BCUT2D eigenvalue weighted by atomic mass is 10.1. The third-order valence-corrected chi connectivity index (χ3v) is 4.59. The number of nitrogens with zero attached hydrogens (tertiary/aromatic N) is 3. The van der Waals surface area contributed by atoms with Crippen LogP contribution in [0.4, 0.5) is 0 Å². The molecule has 20 heavy (non-hydrogen) atoms. The first-order chi connectivity index (χ1) is 9.83. The summed E-state index contributed by atoms with van der Waals surface area (Å²) in [4.78, 5) is 13.3. The van der Waals surface area contributed by atoms with E-state index in [-0.39, 0.29) is 11.2 Å². The molecule has 1 aliphatic rings. The van der Waals surface area contributed by atoms with Crippen LogP contribution in [-0.2, 0) is 17.8 Å². The minimum Gasteiger partial charge on any atom is -0.355 e. The molecule has 0 saturated heterocycles. The zero-order valence-corrected chi connectivity index (χ0v) is 11.8. The van der Waals surface area contributed by atoms with Gasteiger partial charge in [-0.1, -0.05) is 23.4 Å². The fourth-order valence-corrected chi connectivity index (χ4v) is 3.47. The third kappa shape index (κ3) is 3.01. The summed E-state index contributed by atoms with van der Waals surface area (Å²) in [6, 6.07) is 8.22. The molecule has 3 rings (SSSR count). The van der Waals surface area contributed by atoms with Gasteiger partial charge in [-0.25, -0.2) is 0 Å². The molecule has 0 aliphatic carbocycles. The van der Waals surface area contributed by atoms with E-state index >= 15 is 0 Å². The van der Waals surface area contributed by atoms with Crippen LogP contribution in [0.3, 0.4) is 0 Å². The Bertz CT molecular complexity index is 560. The van der Waals surface area contributed by atoms with E-state index in [2.05, 4.69) is 27.8 Å². The highest BCUT2D eigenvalue weighted by atomic mass is 32.2. The summed E-state index contributed by atoms with van der Waals surface area (Å²) in [5.74, 6) is 0.129. The molecule has 1 amide bonds. The molecule has 5 nitrogen and oxygen atoms in total. The summed E-state index contributed by atoms with van der Waals surface area (Å²) >= 11 is 1.66. The molecule has 1 aromatic carbocycles. The van der Waals surface area contributed by atoms with Crippen molar-refractivity contribution < 1.29 is 4.79 Å². The summed E-state index contributed by atoms with van der Waals surface area (Å²) in [5.41, 5.74) is 1.28. The van der Waals surface area contributed by atoms with E-state index in [1.165, 1.54) is 10.5 Å². The van der Waals surface area contributed by atoms with Crippen LogP contribution in [0.1, 0.15) is 12.0 Å². The van der Waals surface area contributed by atoms with Crippen molar-refractivity contribution in [3.05, 3.63) is 42.2 Å². The molecule has 1 aliphatic heterocycles. The Kier molecular flexibility index (Phi) is 4.01. The number of nitrogens with one attached hydrogen (secondary N) is 1. The van der Waals surface area contributed by atoms with Gasteiger partial charge in [-0.3, -0.25) is 9.48 Å². The molecule has 1 unspecified atom stereocenters. The SMILES string of the molecule is O=C(NCCCn1ccnn1)C1Cc2ccccc2S1. The van der Waals surface area contributed by atoms with Crippen molar-refractivity contribution >= 4 is 17.7 Å². The smallest absolute Gasteiger partial charge is 0.233 e. The van der Waals surface area contributed by atoms with Crippen LogP contribution in [0.5, 0.6) is 0 Å². The van der Waals surface area contributed by atoms with E-state index in [0.29, 0.717) is 6.54 Å². The highest BCUT2D eigenvalue weighted by Crippen LogP contribution is 2.36. The van der Waals surface area contributed by atoms with Crippen LogP contribution in [0.25, 0.3) is 0 Å². The van der Waals surface area contributed by atoms with Crippen LogP contribution < -0.4 is 5.32 Å². The third-order valence-electron chi connectivity index (χ3n) is 3.27. The average molecular weight is 288 g/mol. The van der Waals surface area contributed by atoms with Crippen LogP contribution in [0, 0.1) is 0 Å². The van der Waals surface area contributed by atoms with E-state index in [1.807, 2.05) is 18.3 Å². The van der Waals surface area contributed by atoms with Gasteiger partial charge in [-0.2, -0.15) is 0 Å². The van der Waals surface area contributed by atoms with Gasteiger partial charge in [-0.05, 0) is 24.5 Å². The number of fused-ring (bicyclic) bond motifs is 1. The first-order valence-electron chi connectivity index (χ1n) is 6.69. The molecular weight excluding hydrogens is 272 g/mol. The van der Waals surface area contributed by atoms with Gasteiger partial charge in [0.2, 0.25) is 5.91 Å². The number of thioether (sulfide) groups is 1. The number of aryl methyl sites for hydroxylation is 1. The first kappa shape index (κ1) is 13.2. The van der Waals surface area contributed by atoms with Gasteiger partial charge in [-0.15, -0.1) is 16.9 Å². The lowest BCUT2D eigenvalue weighted by Crippen LogP contribution is -2.33. The van der Waals surface area contributed by atoms with Crippen molar-refractivity contribution in [2.24, 2.45) is 0 Å². The topological polar surface area (TPSA) is 59.8 Å². The minimum absolute atomic E-state index is 0.0128. The van der Waals surface area contributed by atoms with Crippen molar-refractivity contribution in [2.45, 2.75) is 29.5 Å². The monoisotopic (exact) mass is 288 g/mol. The first-order valence-corrected chi connectivity index (χ1v) is 7.57. The highest BCUT2D eigenvalue weighted by Gasteiger charge is 2.27. The van der Waals surface area contributed by atoms with E-state index in [1.54, 1.807) is 22.6 Å². The maximum Gasteiger partial charge on any atom is 0.233 e. The number of hydrogen-bond acceptors (Lipinski definition) is 4. The van der Waals surface area contributed by atoms with Crippen molar-refractivity contribution in [2.75, 3.05) is 6.54 Å². The fourth-order valence-electron chi connectivity index (χ4n) is 2.25. The summed E-state index contributed by atoms with van der Waals surface area (Å²) in [6.07, 6.45) is 5.17. The molecule has 2 heterocycles. The second-order valence-corrected chi connectivity index (χ2v) is 5.97. The number of aromatic nitrogens is 3. The molecule has 2 aromatic rings. The predicted molar refractivity (Wildman–Crippen MR) is 77.4 cm³/mol. The van der Waals surface area contributed by atoms with E-state index in [4.69, 9.17) is 0 Å². The Morgan fingerprint density at radius 1 is 1.45 bits per heavy atom. The molecule has 0 radical (unpaired) electrons. The molecular formula is C14H16N4OS. The quantitative estimate of drug-likeness (QED) is 0.847. The zero-order valence-electron chi connectivity index (χ0n) is 11.0. The number of amides is 1. The molecule has 0 saturated carbocycles. The Hall–Kier alpha value is -1.82. The van der Waals surface area contributed by atoms with Crippen LogP contribution >= 0.6 is 11.8 Å². The predicted octanol–water partition coefficient (Wildman–Crippen LogP) is 1.50. The number of carbonyl (C=O) groups excluding carboxylic acids is 1. The molecule has 0 spiro atoms. The molecule has 1 atom stereocenters. The molecule has 0 fully saturated rings. The van der Waals surface area contributed by atoms with Gasteiger partial charge >= 0.3 is 0 Å². The van der Waals surface area contributed by atoms with Gasteiger partial charge in [0.25, 0.3) is 0 Å². The summed E-state index contributed by atoms with van der Waals surface area (Å²) in [6.45, 7) is 1.45. The standard InChI is InChI=1S/C14H16N4OS/c19-14(15-6-3-8-18-9-7-16-17-18)13-10-11-4-1-2-5-12(11)20-13/h1-2,4-5,7,9,13H,3,6,8,10H2,(H,15,19). The molecule has 1 aromatic heterocycles. The van der Waals surface area contributed by atoms with E-state index in [0.717, 1.165) is 19.4 Å². The van der Waals surface area contributed by atoms with Gasteiger partial charge in [0, 0.05) is 24.2 Å². The van der Waals surface area contributed by atoms with Crippen LogP contribution in [-0.4, -0.2) is 32.7 Å². The highest BCUT2D eigenvalue weighted by molar-refractivity contribution is 8.01. The summed E-state index contributed by atoms with van der Waals surface area (Å²) in [5, 5.41) is 10.6. The normalized spacial score (nSPS) is 16.9. The Labute approximate surface area is 121 Å². The second kappa shape index (κ2) is 6.09. The van der Waals surface area contributed by atoms with Crippen molar-refractivity contribution in [1.82, 2.24) is 20.3 Å². The van der Waals surface area contributed by atoms with Gasteiger partial charge < -0.3 is 5.32 Å². The number of benzene rings is 1. The van der Waals surface area contributed by atoms with Gasteiger partial charge in [0.15, 0.2) is 0 Å². The fraction of sp³-hybridized carbons (Fsp3) is 0.357. The lowest BCUT2D eigenvalue weighted by Gasteiger charge is -2.09. The average Bonchev–Trinajstić information content (AvgIpc) is 3.12. The Balaban J connectivity index is 1.42. The maximum absolute atomic E-state index is 12.1. The maximum atomic E-state index is 12.1. The number of rotatable bonds is 5. The summed E-state index contributed by atoms with van der Waals surface area (Å²) < 4.78 is 1.77. The lowest BCUT2D eigenvalue weighted by molar-refractivity contribution is -0.120. The molecule has 6 heteroatoms. The van der Waals surface area contributed by atoms with Crippen molar-refractivity contribution in [3.63, 3.8) is 0 Å². The Morgan fingerprint density at radius 2 is 2.35 bits per heavy atom. The largest absolute Gasteiger partial charge is 0.355 e. The van der Waals surface area contributed by atoms with Crippen molar-refractivity contribution in [3.8, 4) is 0 Å². The molecule has 0 bridgehead atoms. The minimum atomic E-state index is 0.0128. The van der Waals surface area contributed by atoms with Crippen LogP contribution in [0.2, 0.25) is 0 Å². The van der Waals surface area contributed by atoms with Gasteiger partial charge in [0.1, 0.15) is 0 Å². The van der Waals surface area contributed by atoms with Crippen molar-refractivity contribution in [1.29, 1.82) is 0 Å². The Morgan fingerprint density at radius 3 is 3.15 bits per heavy atom.